The molecule has 0 unspecified atom stereocenters. The molecule has 0 spiro atoms. The zero-order valence-corrected chi connectivity index (χ0v) is 33.2. The van der Waals surface area contributed by atoms with Gasteiger partial charge in [0.2, 0.25) is 0 Å². The van der Waals surface area contributed by atoms with Gasteiger partial charge in [-0.3, -0.25) is 34.9 Å². The number of allylic oxidation sites excluding steroid dienone is 1. The molecule has 0 saturated heterocycles. The summed E-state index contributed by atoms with van der Waals surface area (Å²) in [5, 5.41) is 7.23. The van der Waals surface area contributed by atoms with E-state index in [4.69, 9.17) is 0 Å². The predicted molar refractivity (Wildman–Crippen MR) is 223 cm³/mol. The zero-order chi connectivity index (χ0) is 40.2. The van der Waals surface area contributed by atoms with E-state index in [9.17, 15) is 0 Å². The van der Waals surface area contributed by atoms with E-state index in [0.29, 0.717) is 0 Å². The van der Waals surface area contributed by atoms with Crippen LogP contribution in [0.2, 0.25) is 0 Å². The first-order valence-corrected chi connectivity index (χ1v) is 17.5. The van der Waals surface area contributed by atoms with Crippen molar-refractivity contribution in [3.05, 3.63) is 205 Å². The third-order valence-electron chi connectivity index (χ3n) is 6.21. The molecule has 1 aliphatic heterocycles. The van der Waals surface area contributed by atoms with Crippen LogP contribution in [0.3, 0.4) is 0 Å². The van der Waals surface area contributed by atoms with Gasteiger partial charge in [0, 0.05) is 105 Å². The molecule has 284 valence electrons. The first-order chi connectivity index (χ1) is 26.7. The molecule has 0 aliphatic carbocycles. The van der Waals surface area contributed by atoms with Gasteiger partial charge in [-0.25, -0.2) is 9.97 Å². The van der Waals surface area contributed by atoms with Crippen LogP contribution in [0.5, 0.6) is 0 Å². The van der Waals surface area contributed by atoms with Gasteiger partial charge in [-0.05, 0) is 132 Å². The van der Waals surface area contributed by atoms with Crippen molar-refractivity contribution in [2.75, 3.05) is 0 Å². The second kappa shape index (κ2) is 31.9. The lowest BCUT2D eigenvalue weighted by Gasteiger charge is -1.82. The van der Waals surface area contributed by atoms with Gasteiger partial charge in [-0.2, -0.15) is 10.2 Å². The number of nitrogens with zero attached hydrogens (tertiary/aromatic N) is 11. The van der Waals surface area contributed by atoms with Gasteiger partial charge in [0.25, 0.3) is 0 Å². The third kappa shape index (κ3) is 30.6. The van der Waals surface area contributed by atoms with E-state index in [-0.39, 0.29) is 0 Å². The average Bonchev–Trinajstić information content (AvgIpc) is 3.70. The number of pyridine rings is 4. The highest BCUT2D eigenvalue weighted by Gasteiger charge is 1.87. The quantitative estimate of drug-likeness (QED) is 0.148. The third-order valence-corrected chi connectivity index (χ3v) is 6.21. The maximum Gasteiger partial charge on any atom is 0.115 e. The summed E-state index contributed by atoms with van der Waals surface area (Å²) in [6.45, 7) is 15.9. The van der Waals surface area contributed by atoms with E-state index < -0.39 is 0 Å². The van der Waals surface area contributed by atoms with Crippen LogP contribution in [-0.2, 0) is 0 Å². The summed E-state index contributed by atoms with van der Waals surface area (Å²) in [7, 11) is 0. The molecule has 1 aliphatic rings. The van der Waals surface area contributed by atoms with Gasteiger partial charge in [-0.1, -0.05) is 18.2 Å². The molecule has 0 atom stereocenters. The Morgan fingerprint density at radius 2 is 0.964 bits per heavy atom. The maximum atomic E-state index is 3.98. The summed E-state index contributed by atoms with van der Waals surface area (Å²) >= 11 is 0. The molecule has 0 N–H and O–H groups in total. The monoisotopic (exact) mass is 735 g/mol. The Kier molecular flexibility index (Phi) is 26.9. The maximum absolute atomic E-state index is 3.98. The fourth-order valence-electron chi connectivity index (χ4n) is 3.30. The van der Waals surface area contributed by atoms with Gasteiger partial charge in [0.1, 0.15) is 6.33 Å². The molecule has 0 amide bonds. The molecule has 0 bridgehead atoms. The summed E-state index contributed by atoms with van der Waals surface area (Å²) in [6, 6.07) is 21.5. The number of aromatic nitrogens is 10. The average molecular weight is 736 g/mol. The Labute approximate surface area is 327 Å². The van der Waals surface area contributed by atoms with E-state index in [1.807, 2.05) is 134 Å². The van der Waals surface area contributed by atoms with Crippen LogP contribution >= 0.6 is 0 Å². The van der Waals surface area contributed by atoms with Crippen LogP contribution in [0.4, 0.5) is 0 Å². The van der Waals surface area contributed by atoms with Crippen molar-refractivity contribution in [3.63, 3.8) is 0 Å². The molecule has 11 nitrogen and oxygen atoms in total. The van der Waals surface area contributed by atoms with Crippen molar-refractivity contribution in [1.82, 2.24) is 50.1 Å². The molecule has 11 heteroatoms. The smallest absolute Gasteiger partial charge is 0.115 e. The molecule has 8 heterocycles. The molecule has 0 fully saturated rings. The Morgan fingerprint density at radius 1 is 0.382 bits per heavy atom. The first kappa shape index (κ1) is 46.3. The van der Waals surface area contributed by atoms with Crippen LogP contribution in [0.25, 0.3) is 0 Å². The van der Waals surface area contributed by atoms with Gasteiger partial charge in [-0.15, -0.1) is 0 Å². The van der Waals surface area contributed by atoms with Crippen molar-refractivity contribution in [1.29, 1.82) is 0 Å². The highest BCUT2D eigenvalue weighted by molar-refractivity contribution is 5.64. The van der Waals surface area contributed by atoms with Crippen LogP contribution in [-0.4, -0.2) is 56.3 Å². The van der Waals surface area contributed by atoms with Crippen molar-refractivity contribution in [2.45, 2.75) is 61.8 Å². The molecule has 8 rings (SSSR count). The van der Waals surface area contributed by atoms with Gasteiger partial charge in [0.05, 0.1) is 11.9 Å². The molecule has 55 heavy (non-hydrogen) atoms. The summed E-state index contributed by atoms with van der Waals surface area (Å²) in [6.07, 6.45) is 29.1. The van der Waals surface area contributed by atoms with Crippen molar-refractivity contribution < 1.29 is 0 Å². The summed E-state index contributed by atoms with van der Waals surface area (Å²) in [4.78, 5) is 34.9. The van der Waals surface area contributed by atoms with E-state index in [2.05, 4.69) is 62.0 Å². The summed E-state index contributed by atoms with van der Waals surface area (Å²) in [5.41, 5.74) is 9.18. The fourth-order valence-corrected chi connectivity index (χ4v) is 3.30. The van der Waals surface area contributed by atoms with Crippen molar-refractivity contribution >= 4 is 6.21 Å². The van der Waals surface area contributed by atoms with Crippen LogP contribution < -0.4 is 0 Å². The minimum atomic E-state index is 0.961. The SMILES string of the molecule is CC1=CN=CC1.Cc1ccccn1.Cc1ccccn1.Cc1cccnc1.Cc1ccncc1.Cc1ccnnc1.Cc1cnccn1.Cc1cncnc1. The van der Waals surface area contributed by atoms with Crippen molar-refractivity contribution in [3.8, 4) is 0 Å². The minimum Gasteiger partial charge on any atom is -0.269 e. The Hall–Kier alpha value is -6.75. The molecule has 0 saturated carbocycles. The van der Waals surface area contributed by atoms with Crippen LogP contribution in [0, 0.1) is 48.5 Å². The number of aliphatic imine (C=N–C) groups is 1. The number of hydrogen-bond acceptors (Lipinski definition) is 11. The second-order valence-corrected chi connectivity index (χ2v) is 11.7. The van der Waals surface area contributed by atoms with E-state index in [1.54, 1.807) is 74.4 Å². The van der Waals surface area contributed by atoms with Crippen LogP contribution in [0.15, 0.2) is 170 Å². The fraction of sp³-hybridized carbons (Fsp3) is 0.205. The van der Waals surface area contributed by atoms with E-state index in [1.165, 1.54) is 23.0 Å². The summed E-state index contributed by atoms with van der Waals surface area (Å²) in [5.74, 6) is 0. The number of rotatable bonds is 0. The second-order valence-electron chi connectivity index (χ2n) is 11.7. The zero-order valence-electron chi connectivity index (χ0n) is 33.2. The Balaban J connectivity index is 0.000000314. The largest absolute Gasteiger partial charge is 0.269 e. The molecule has 7 aromatic heterocycles. The molecular weight excluding hydrogens is 683 g/mol. The normalized spacial score (nSPS) is 9.78. The van der Waals surface area contributed by atoms with E-state index >= 15 is 0 Å². The lowest BCUT2D eigenvalue weighted by atomic mass is 10.3. The lowest BCUT2D eigenvalue weighted by Crippen LogP contribution is -1.77. The van der Waals surface area contributed by atoms with Gasteiger partial charge >= 0.3 is 0 Å². The first-order valence-electron chi connectivity index (χ1n) is 17.5. The predicted octanol–water partition coefficient (Wildman–Crippen LogP) is 9.28. The number of hydrogen-bond donors (Lipinski definition) is 0. The molecule has 7 aromatic rings. The highest BCUT2D eigenvalue weighted by Crippen LogP contribution is 2.02. The summed E-state index contributed by atoms with van der Waals surface area (Å²) < 4.78 is 0. The van der Waals surface area contributed by atoms with Gasteiger partial charge in [0.15, 0.2) is 0 Å². The Bertz CT molecular complexity index is 1550. The van der Waals surface area contributed by atoms with Crippen LogP contribution in [0.1, 0.15) is 52.7 Å². The standard InChI is InChI=1S/4C6H7N.3C5H6N2.C5H7N/c1-6-2-4-7-5-3-6;1-6-3-2-4-7-5-6;2*1-6-4-2-3-5-7-6;1-5-2-6-4-7-3-5;1-5-4-6-2-3-7-5;1-5-2-3-6-7-4-5;1-5-2-3-6-4-5/h4*2-5H,1H3;3*2-4H,1H3;3-4H,2H2,1H3. The number of aryl methyl sites for hydroxylation is 7. The molecule has 0 aromatic carbocycles. The highest BCUT2D eigenvalue weighted by atomic mass is 15.1. The molecular formula is C44H53N11. The minimum absolute atomic E-state index is 0.961. The molecule has 0 radical (unpaired) electrons. The Morgan fingerprint density at radius 3 is 1.20 bits per heavy atom. The van der Waals surface area contributed by atoms with E-state index in [0.717, 1.165) is 34.6 Å². The van der Waals surface area contributed by atoms with Crippen molar-refractivity contribution in [2.24, 2.45) is 4.99 Å². The lowest BCUT2D eigenvalue weighted by molar-refractivity contribution is 1.01. The topological polar surface area (TPSA) is 141 Å². The van der Waals surface area contributed by atoms with Gasteiger partial charge < -0.3 is 0 Å².